The predicted molar refractivity (Wildman–Crippen MR) is 106 cm³/mol. The molecule has 7 nitrogen and oxygen atoms in total. The molecular formula is C22H20N2O5. The topological polar surface area (TPSA) is 91.6 Å². The van der Waals surface area contributed by atoms with Crippen LogP contribution in [0.3, 0.4) is 0 Å². The molecule has 0 fully saturated rings. The molecule has 7 heteroatoms. The van der Waals surface area contributed by atoms with Crippen molar-refractivity contribution in [3.63, 3.8) is 0 Å². The Hall–Kier alpha value is -3.87. The highest BCUT2D eigenvalue weighted by molar-refractivity contribution is 5.98. The van der Waals surface area contributed by atoms with Crippen LogP contribution in [0.25, 0.3) is 0 Å². The third kappa shape index (κ3) is 4.90. The summed E-state index contributed by atoms with van der Waals surface area (Å²) in [6.45, 7) is 2.27. The van der Waals surface area contributed by atoms with Crippen LogP contribution in [0, 0.1) is 5.21 Å². The van der Waals surface area contributed by atoms with Crippen LogP contribution in [0.4, 0.5) is 5.69 Å². The van der Waals surface area contributed by atoms with Gasteiger partial charge < -0.3 is 20.0 Å². The number of pyridine rings is 1. The Morgan fingerprint density at radius 1 is 1.00 bits per heavy atom. The molecular weight excluding hydrogens is 372 g/mol. The zero-order chi connectivity index (χ0) is 20.6. The van der Waals surface area contributed by atoms with Gasteiger partial charge in [-0.1, -0.05) is 42.5 Å². The number of rotatable bonds is 7. The van der Waals surface area contributed by atoms with Crippen LogP contribution in [0.5, 0.6) is 5.75 Å². The van der Waals surface area contributed by atoms with Gasteiger partial charge in [0.05, 0.1) is 12.3 Å². The van der Waals surface area contributed by atoms with Gasteiger partial charge in [-0.25, -0.2) is 4.79 Å². The fourth-order valence-electron chi connectivity index (χ4n) is 2.70. The van der Waals surface area contributed by atoms with E-state index in [0.717, 1.165) is 0 Å². The standard InChI is InChI=1S/C22H20N2O5/c1-2-28-19-14-7-6-12-17(19)23-21(25)20(16-10-4-3-5-11-16)29-22(26)18-13-8-9-15-24(18)27/h3-15,20H,2H2,1H3,(H,23,25)/t20-/m1/s1. The summed E-state index contributed by atoms with van der Waals surface area (Å²) in [7, 11) is 0. The summed E-state index contributed by atoms with van der Waals surface area (Å²) in [5.74, 6) is -0.963. The number of carbonyl (C=O) groups is 2. The zero-order valence-electron chi connectivity index (χ0n) is 15.8. The zero-order valence-corrected chi connectivity index (χ0v) is 15.8. The van der Waals surface area contributed by atoms with Crippen LogP contribution >= 0.6 is 0 Å². The summed E-state index contributed by atoms with van der Waals surface area (Å²) in [4.78, 5) is 25.5. The van der Waals surface area contributed by atoms with Crippen molar-refractivity contribution in [1.82, 2.24) is 0 Å². The molecule has 0 bridgehead atoms. The molecule has 2 aromatic carbocycles. The van der Waals surface area contributed by atoms with Crippen molar-refractivity contribution >= 4 is 17.6 Å². The van der Waals surface area contributed by atoms with E-state index in [1.54, 1.807) is 60.7 Å². The molecule has 0 aliphatic carbocycles. The van der Waals surface area contributed by atoms with Gasteiger partial charge in [0.2, 0.25) is 6.10 Å². The summed E-state index contributed by atoms with van der Waals surface area (Å²) < 4.78 is 11.3. The van der Waals surface area contributed by atoms with Gasteiger partial charge in [0.1, 0.15) is 5.75 Å². The molecule has 1 heterocycles. The largest absolute Gasteiger partial charge is 0.618 e. The maximum absolute atomic E-state index is 13.0. The van der Waals surface area contributed by atoms with E-state index in [4.69, 9.17) is 9.47 Å². The number of ether oxygens (including phenoxy) is 2. The van der Waals surface area contributed by atoms with Crippen molar-refractivity contribution in [2.24, 2.45) is 0 Å². The molecule has 148 valence electrons. The van der Waals surface area contributed by atoms with Gasteiger partial charge in [0.15, 0.2) is 6.20 Å². The van der Waals surface area contributed by atoms with E-state index in [1.807, 2.05) is 6.92 Å². The van der Waals surface area contributed by atoms with Gasteiger partial charge in [-0.3, -0.25) is 4.79 Å². The van der Waals surface area contributed by atoms with Crippen molar-refractivity contribution in [3.8, 4) is 5.75 Å². The van der Waals surface area contributed by atoms with Gasteiger partial charge in [0.25, 0.3) is 5.91 Å². The fraction of sp³-hybridized carbons (Fsp3) is 0.136. The van der Waals surface area contributed by atoms with Crippen LogP contribution in [-0.4, -0.2) is 18.5 Å². The van der Waals surface area contributed by atoms with E-state index in [1.165, 1.54) is 18.3 Å². The lowest BCUT2D eigenvalue weighted by Gasteiger charge is -2.19. The first-order valence-corrected chi connectivity index (χ1v) is 9.07. The lowest BCUT2D eigenvalue weighted by molar-refractivity contribution is -0.608. The number of aromatic nitrogens is 1. The number of hydrogen-bond donors (Lipinski definition) is 1. The minimum absolute atomic E-state index is 0.212. The highest BCUT2D eigenvalue weighted by Crippen LogP contribution is 2.27. The molecule has 0 saturated carbocycles. The average molecular weight is 392 g/mol. The van der Waals surface area contributed by atoms with Crippen molar-refractivity contribution < 1.29 is 23.8 Å². The van der Waals surface area contributed by atoms with E-state index in [2.05, 4.69) is 5.32 Å². The van der Waals surface area contributed by atoms with E-state index < -0.39 is 18.0 Å². The fourth-order valence-corrected chi connectivity index (χ4v) is 2.70. The van der Waals surface area contributed by atoms with Crippen molar-refractivity contribution in [2.45, 2.75) is 13.0 Å². The Kier molecular flexibility index (Phi) is 6.42. The van der Waals surface area contributed by atoms with E-state index in [9.17, 15) is 14.8 Å². The number of benzene rings is 2. The monoisotopic (exact) mass is 392 g/mol. The SMILES string of the molecule is CCOc1ccccc1NC(=O)[C@H](OC(=O)c1cccc[n+]1[O-])c1ccccc1. The lowest BCUT2D eigenvalue weighted by Crippen LogP contribution is -2.36. The molecule has 0 aliphatic heterocycles. The van der Waals surface area contributed by atoms with Crippen LogP contribution in [-0.2, 0) is 9.53 Å². The number of carbonyl (C=O) groups excluding carboxylic acids is 2. The first kappa shape index (κ1) is 19.9. The normalized spacial score (nSPS) is 11.3. The van der Waals surface area contributed by atoms with E-state index in [-0.39, 0.29) is 5.69 Å². The molecule has 1 atom stereocenters. The lowest BCUT2D eigenvalue weighted by atomic mass is 10.1. The number of esters is 1. The first-order chi connectivity index (χ1) is 14.1. The Bertz CT molecular complexity index is 991. The van der Waals surface area contributed by atoms with Gasteiger partial charge in [0, 0.05) is 17.7 Å². The molecule has 29 heavy (non-hydrogen) atoms. The predicted octanol–water partition coefficient (Wildman–Crippen LogP) is 3.26. The third-order valence-corrected chi connectivity index (χ3v) is 4.04. The highest BCUT2D eigenvalue weighted by atomic mass is 16.6. The van der Waals surface area contributed by atoms with E-state index in [0.29, 0.717) is 28.3 Å². The molecule has 1 amide bonds. The second kappa shape index (κ2) is 9.36. The number of nitrogens with zero attached hydrogens (tertiary/aromatic N) is 1. The molecule has 0 aliphatic rings. The number of para-hydroxylation sites is 2. The van der Waals surface area contributed by atoms with Crippen molar-refractivity contribution in [1.29, 1.82) is 0 Å². The van der Waals surface area contributed by atoms with Crippen molar-refractivity contribution in [3.05, 3.63) is 95.5 Å². The van der Waals surface area contributed by atoms with Crippen LogP contribution in [0.1, 0.15) is 29.1 Å². The molecule has 0 saturated heterocycles. The second-order valence-electron chi connectivity index (χ2n) is 6.03. The van der Waals surface area contributed by atoms with Gasteiger partial charge in [-0.15, -0.1) is 0 Å². The summed E-state index contributed by atoms with van der Waals surface area (Å²) >= 11 is 0. The van der Waals surface area contributed by atoms with Crippen LogP contribution < -0.4 is 14.8 Å². The number of hydrogen-bond acceptors (Lipinski definition) is 5. The van der Waals surface area contributed by atoms with Gasteiger partial charge in [-0.2, -0.15) is 4.73 Å². The molecule has 3 rings (SSSR count). The molecule has 0 unspecified atom stereocenters. The quantitative estimate of drug-likeness (QED) is 0.379. The first-order valence-electron chi connectivity index (χ1n) is 9.07. The number of nitrogens with one attached hydrogen (secondary N) is 1. The molecule has 3 aromatic rings. The minimum atomic E-state index is -1.25. The van der Waals surface area contributed by atoms with Gasteiger partial charge >= 0.3 is 11.7 Å². The summed E-state index contributed by atoms with van der Waals surface area (Å²) in [6, 6.07) is 19.9. The smallest absolute Gasteiger partial charge is 0.406 e. The molecule has 1 aromatic heterocycles. The van der Waals surface area contributed by atoms with Crippen LogP contribution in [0.2, 0.25) is 0 Å². The maximum Gasteiger partial charge on any atom is 0.406 e. The Morgan fingerprint density at radius 2 is 1.69 bits per heavy atom. The highest BCUT2D eigenvalue weighted by Gasteiger charge is 2.29. The van der Waals surface area contributed by atoms with Gasteiger partial charge in [-0.05, 0) is 25.1 Å². The third-order valence-electron chi connectivity index (χ3n) is 4.04. The second-order valence-corrected chi connectivity index (χ2v) is 6.03. The number of anilines is 1. The number of amides is 1. The molecule has 0 radical (unpaired) electrons. The Labute approximate surface area is 168 Å². The van der Waals surface area contributed by atoms with E-state index >= 15 is 0 Å². The Morgan fingerprint density at radius 3 is 2.41 bits per heavy atom. The summed E-state index contributed by atoms with van der Waals surface area (Å²) in [5, 5.41) is 14.6. The Balaban J connectivity index is 1.87. The summed E-state index contributed by atoms with van der Waals surface area (Å²) in [6.07, 6.45) is -0.0643. The molecule has 0 spiro atoms. The van der Waals surface area contributed by atoms with Crippen molar-refractivity contribution in [2.75, 3.05) is 11.9 Å². The van der Waals surface area contributed by atoms with Crippen LogP contribution in [0.15, 0.2) is 79.0 Å². The maximum atomic E-state index is 13.0. The summed E-state index contributed by atoms with van der Waals surface area (Å²) in [5.41, 5.74) is 0.714. The minimum Gasteiger partial charge on any atom is -0.618 e. The molecule has 1 N–H and O–H groups in total. The average Bonchev–Trinajstić information content (AvgIpc) is 2.74.